The molecule has 3 rings (SSSR count). The van der Waals surface area contributed by atoms with Gasteiger partial charge in [0.05, 0.1) is 0 Å². The molecule has 2 atom stereocenters. The predicted molar refractivity (Wildman–Crippen MR) is 94.8 cm³/mol. The van der Waals surface area contributed by atoms with Gasteiger partial charge in [0.25, 0.3) is 0 Å². The van der Waals surface area contributed by atoms with Crippen LogP contribution < -0.4 is 5.32 Å². The fourth-order valence-corrected chi connectivity index (χ4v) is 3.26. The summed E-state index contributed by atoms with van der Waals surface area (Å²) in [6.45, 7) is 4.08. The summed E-state index contributed by atoms with van der Waals surface area (Å²) in [5.74, 6) is -2.02. The molecule has 25 heavy (non-hydrogen) atoms. The Kier molecular flexibility index (Phi) is 4.57. The largest absolute Gasteiger partial charge is 0.344 e. The van der Waals surface area contributed by atoms with Crippen LogP contribution in [0.4, 0.5) is 10.1 Å². The number of benzene rings is 2. The van der Waals surface area contributed by atoms with E-state index >= 15 is 0 Å². The Morgan fingerprint density at radius 2 is 1.84 bits per heavy atom. The molecule has 1 aliphatic heterocycles. The maximum atomic E-state index is 13.7. The van der Waals surface area contributed by atoms with Gasteiger partial charge in [-0.15, -0.1) is 0 Å². The molecular formula is C20H21FN2O2. The zero-order valence-corrected chi connectivity index (χ0v) is 14.5. The summed E-state index contributed by atoms with van der Waals surface area (Å²) in [7, 11) is 1.70. The molecule has 1 aliphatic rings. The number of rotatable bonds is 3. The average molecular weight is 340 g/mol. The topological polar surface area (TPSA) is 49.4 Å². The zero-order chi connectivity index (χ0) is 18.1. The van der Waals surface area contributed by atoms with Crippen LogP contribution in [0.2, 0.25) is 0 Å². The maximum Gasteiger partial charge on any atom is 0.237 e. The molecule has 1 heterocycles. The quantitative estimate of drug-likeness (QED) is 0.872. The Bertz CT molecular complexity index is 817. The number of carbonyl (C=O) groups excluding carboxylic acids is 2. The monoisotopic (exact) mass is 340 g/mol. The van der Waals surface area contributed by atoms with E-state index in [1.165, 1.54) is 12.1 Å². The highest BCUT2D eigenvalue weighted by Crippen LogP contribution is 2.34. The number of nitrogens with zero attached hydrogens (tertiary/aromatic N) is 1. The molecule has 5 heteroatoms. The summed E-state index contributed by atoms with van der Waals surface area (Å²) in [5, 5.41) is 2.73. The van der Waals surface area contributed by atoms with Crippen LogP contribution in [0.5, 0.6) is 0 Å². The molecule has 0 aliphatic carbocycles. The van der Waals surface area contributed by atoms with Crippen LogP contribution in [0, 0.1) is 25.6 Å². The van der Waals surface area contributed by atoms with Crippen molar-refractivity contribution in [2.75, 3.05) is 18.9 Å². The second-order valence-corrected chi connectivity index (χ2v) is 6.62. The molecule has 2 amide bonds. The number of nitrogens with one attached hydrogen (secondary N) is 1. The van der Waals surface area contributed by atoms with E-state index < -0.39 is 11.8 Å². The van der Waals surface area contributed by atoms with Crippen LogP contribution in [0.25, 0.3) is 0 Å². The van der Waals surface area contributed by atoms with Gasteiger partial charge in [0.2, 0.25) is 11.8 Å². The lowest BCUT2D eigenvalue weighted by atomic mass is 9.87. The number of carbonyl (C=O) groups is 2. The first-order valence-electron chi connectivity index (χ1n) is 8.26. The van der Waals surface area contributed by atoms with E-state index in [0.29, 0.717) is 17.8 Å². The van der Waals surface area contributed by atoms with Gasteiger partial charge in [-0.1, -0.05) is 35.9 Å². The van der Waals surface area contributed by atoms with Gasteiger partial charge in [-0.25, -0.2) is 4.39 Å². The highest BCUT2D eigenvalue weighted by molar-refractivity contribution is 6.08. The average Bonchev–Trinajstić information content (AvgIpc) is 2.88. The van der Waals surface area contributed by atoms with Crippen LogP contribution in [-0.2, 0) is 9.59 Å². The van der Waals surface area contributed by atoms with Gasteiger partial charge >= 0.3 is 0 Å². The van der Waals surface area contributed by atoms with E-state index in [1.807, 2.05) is 31.2 Å². The molecule has 0 spiro atoms. The third kappa shape index (κ3) is 3.27. The number of hydrogen-bond acceptors (Lipinski definition) is 2. The molecule has 2 aromatic carbocycles. The lowest BCUT2D eigenvalue weighted by Crippen LogP contribution is -2.33. The van der Waals surface area contributed by atoms with Crippen LogP contribution in [0.1, 0.15) is 22.6 Å². The second kappa shape index (κ2) is 6.67. The third-order valence-electron chi connectivity index (χ3n) is 4.83. The molecule has 0 saturated carbocycles. The molecule has 2 aromatic rings. The highest BCUT2D eigenvalue weighted by atomic mass is 19.1. The maximum absolute atomic E-state index is 13.7. The van der Waals surface area contributed by atoms with Gasteiger partial charge < -0.3 is 10.2 Å². The summed E-state index contributed by atoms with van der Waals surface area (Å²) in [4.78, 5) is 26.9. The van der Waals surface area contributed by atoms with Crippen LogP contribution in [-0.4, -0.2) is 30.3 Å². The van der Waals surface area contributed by atoms with Gasteiger partial charge in [0, 0.05) is 30.8 Å². The minimum atomic E-state index is -0.810. The Morgan fingerprint density at radius 3 is 2.52 bits per heavy atom. The van der Waals surface area contributed by atoms with Crippen LogP contribution in [0.15, 0.2) is 42.5 Å². The first kappa shape index (κ1) is 17.1. The van der Waals surface area contributed by atoms with Crippen molar-refractivity contribution in [1.29, 1.82) is 0 Å². The van der Waals surface area contributed by atoms with Gasteiger partial charge in [-0.3, -0.25) is 9.59 Å². The first-order valence-corrected chi connectivity index (χ1v) is 8.26. The van der Waals surface area contributed by atoms with Crippen molar-refractivity contribution in [1.82, 2.24) is 4.90 Å². The van der Waals surface area contributed by atoms with Crippen molar-refractivity contribution in [3.8, 4) is 0 Å². The van der Waals surface area contributed by atoms with Crippen molar-refractivity contribution in [2.45, 2.75) is 19.8 Å². The molecular weight excluding hydrogens is 319 g/mol. The Morgan fingerprint density at radius 1 is 1.16 bits per heavy atom. The van der Waals surface area contributed by atoms with Crippen LogP contribution in [0.3, 0.4) is 0 Å². The number of halogens is 1. The summed E-state index contributed by atoms with van der Waals surface area (Å²) in [6.07, 6.45) is 0. The van der Waals surface area contributed by atoms with Gasteiger partial charge in [-0.05, 0) is 31.5 Å². The van der Waals surface area contributed by atoms with E-state index in [-0.39, 0.29) is 17.6 Å². The molecule has 0 aromatic heterocycles. The second-order valence-electron chi connectivity index (χ2n) is 6.62. The third-order valence-corrected chi connectivity index (χ3v) is 4.83. The summed E-state index contributed by atoms with van der Waals surface area (Å²) < 4.78 is 13.7. The van der Waals surface area contributed by atoms with Crippen molar-refractivity contribution >= 4 is 17.5 Å². The fourth-order valence-electron chi connectivity index (χ4n) is 3.26. The van der Waals surface area contributed by atoms with E-state index in [2.05, 4.69) is 5.32 Å². The normalized spacial score (nSPS) is 20.0. The van der Waals surface area contributed by atoms with Gasteiger partial charge in [-0.2, -0.15) is 0 Å². The highest BCUT2D eigenvalue weighted by Gasteiger charge is 2.44. The van der Waals surface area contributed by atoms with E-state index in [0.717, 1.165) is 11.1 Å². The van der Waals surface area contributed by atoms with Gasteiger partial charge in [0.1, 0.15) is 11.7 Å². The Balaban J connectivity index is 1.89. The number of likely N-dealkylation sites (tertiary alicyclic amines) is 1. The smallest absolute Gasteiger partial charge is 0.237 e. The van der Waals surface area contributed by atoms with Gasteiger partial charge in [0.15, 0.2) is 0 Å². The lowest BCUT2D eigenvalue weighted by Gasteiger charge is -2.18. The minimum absolute atomic E-state index is 0.211. The number of likely N-dealkylation sites (N-methyl/N-ethyl adjacent to an activating group) is 1. The molecule has 130 valence electrons. The van der Waals surface area contributed by atoms with Crippen molar-refractivity contribution < 1.29 is 14.0 Å². The molecule has 1 N–H and O–H groups in total. The summed E-state index contributed by atoms with van der Waals surface area (Å²) in [5.41, 5.74) is 2.84. The Labute approximate surface area is 146 Å². The molecule has 0 radical (unpaired) electrons. The molecule has 4 nitrogen and oxygen atoms in total. The SMILES string of the molecule is Cc1ccc([C@H]2CN(C)C(=O)[C@@H]2C(=O)Nc2cccc(F)c2C)cc1. The van der Waals surface area contributed by atoms with E-state index in [4.69, 9.17) is 0 Å². The molecule has 1 saturated heterocycles. The summed E-state index contributed by atoms with van der Waals surface area (Å²) in [6, 6.07) is 12.4. The van der Waals surface area contributed by atoms with E-state index in [1.54, 1.807) is 24.9 Å². The van der Waals surface area contributed by atoms with Crippen molar-refractivity contribution in [3.63, 3.8) is 0 Å². The Hall–Kier alpha value is -2.69. The predicted octanol–water partition coefficient (Wildman–Crippen LogP) is 3.25. The number of amides is 2. The lowest BCUT2D eigenvalue weighted by molar-refractivity contribution is -0.135. The zero-order valence-electron chi connectivity index (χ0n) is 14.5. The molecule has 0 unspecified atom stereocenters. The summed E-state index contributed by atoms with van der Waals surface area (Å²) >= 11 is 0. The van der Waals surface area contributed by atoms with Crippen LogP contribution >= 0.6 is 0 Å². The molecule has 0 bridgehead atoms. The fraction of sp³-hybridized carbons (Fsp3) is 0.300. The first-order chi connectivity index (χ1) is 11.9. The van der Waals surface area contributed by atoms with E-state index in [9.17, 15) is 14.0 Å². The van der Waals surface area contributed by atoms with Crippen molar-refractivity contribution in [3.05, 3.63) is 65.0 Å². The number of hydrogen-bond donors (Lipinski definition) is 1. The number of aryl methyl sites for hydroxylation is 1. The number of anilines is 1. The van der Waals surface area contributed by atoms with Crippen molar-refractivity contribution in [2.24, 2.45) is 5.92 Å². The molecule has 1 fully saturated rings. The minimum Gasteiger partial charge on any atom is -0.344 e. The standard InChI is InChI=1S/C20H21FN2O2/c1-12-7-9-14(10-8-12)15-11-23(3)20(25)18(15)19(24)22-17-6-4-5-16(21)13(17)2/h4-10,15,18H,11H2,1-3H3,(H,22,24)/t15-,18+/m1/s1.